The zero-order chi connectivity index (χ0) is 43.4. The number of aliphatic hydroxyl groups excluding tert-OH is 1. The lowest BCUT2D eigenvalue weighted by molar-refractivity contribution is -0.243. The molecular weight excluding hydrogens is 777 g/mol. The highest BCUT2D eigenvalue weighted by atomic mass is 16.6. The van der Waals surface area contributed by atoms with Gasteiger partial charge in [-0.15, -0.1) is 0 Å². The van der Waals surface area contributed by atoms with Crippen molar-refractivity contribution in [2.24, 2.45) is 28.1 Å². The Morgan fingerprint density at radius 1 is 0.984 bits per heavy atom. The summed E-state index contributed by atoms with van der Waals surface area (Å²) >= 11 is 0. The Kier molecular flexibility index (Phi) is 10.4. The van der Waals surface area contributed by atoms with Gasteiger partial charge in [-0.3, -0.25) is 19.4 Å². The fourth-order valence-electron chi connectivity index (χ4n) is 14.3. The molecule has 1 radical (unpaired) electrons. The van der Waals surface area contributed by atoms with Gasteiger partial charge in [-0.1, -0.05) is 55.1 Å². The van der Waals surface area contributed by atoms with Crippen LogP contribution in [0.3, 0.4) is 0 Å². The first kappa shape index (κ1) is 42.5. The average molecular weight is 839 g/mol. The van der Waals surface area contributed by atoms with Crippen LogP contribution in [0.15, 0.2) is 59.2 Å². The summed E-state index contributed by atoms with van der Waals surface area (Å²) in [5.74, 6) is -2.60. The van der Waals surface area contributed by atoms with Gasteiger partial charge in [0.15, 0.2) is 13.4 Å². The molecule has 1 saturated carbocycles. The summed E-state index contributed by atoms with van der Waals surface area (Å²) in [5, 5.41) is 35.7. The number of aliphatic hydroxyl groups is 3. The van der Waals surface area contributed by atoms with Gasteiger partial charge < -0.3 is 39.2 Å². The van der Waals surface area contributed by atoms with E-state index >= 15 is 4.79 Å². The lowest BCUT2D eigenvalue weighted by atomic mass is 9.46. The van der Waals surface area contributed by atoms with Gasteiger partial charge in [-0.25, -0.2) is 4.79 Å². The Bertz CT molecular complexity index is 2160. The minimum atomic E-state index is -2.30. The van der Waals surface area contributed by atoms with E-state index < -0.39 is 69.5 Å². The zero-order valence-corrected chi connectivity index (χ0v) is 36.6. The molecule has 4 fully saturated rings. The van der Waals surface area contributed by atoms with Gasteiger partial charge in [0.05, 0.1) is 44.0 Å². The fourth-order valence-corrected chi connectivity index (χ4v) is 14.3. The molecule has 3 N–H and O–H groups in total. The summed E-state index contributed by atoms with van der Waals surface area (Å²) in [7, 11) is 8.36. The molecular formula is C47H61BN3O10. The van der Waals surface area contributed by atoms with E-state index in [1.807, 2.05) is 44.0 Å². The fraction of sp³-hybridized carbons (Fsp3) is 0.638. The van der Waals surface area contributed by atoms with Crippen molar-refractivity contribution in [2.75, 3.05) is 61.1 Å². The first-order chi connectivity index (χ1) is 29.2. The number of benzene rings is 1. The summed E-state index contributed by atoms with van der Waals surface area (Å²) in [6.07, 6.45) is 9.57. The Balaban J connectivity index is 1.32. The van der Waals surface area contributed by atoms with Crippen LogP contribution in [0.2, 0.25) is 0 Å². The molecule has 2 bridgehead atoms. The maximum absolute atomic E-state index is 15.5. The molecule has 2 aliphatic carbocycles. The molecule has 3 unspecified atom stereocenters. The molecule has 12 atom stereocenters. The smallest absolute Gasteiger partial charge is 0.344 e. The first-order valence-electron chi connectivity index (χ1n) is 22.1. The number of ether oxygens (including phenoxy) is 4. The van der Waals surface area contributed by atoms with Crippen molar-refractivity contribution in [2.45, 2.75) is 101 Å². The third-order valence-corrected chi connectivity index (χ3v) is 16.5. The van der Waals surface area contributed by atoms with Crippen molar-refractivity contribution in [3.63, 3.8) is 0 Å². The minimum Gasteiger partial charge on any atom is -0.468 e. The van der Waals surface area contributed by atoms with Crippen molar-refractivity contribution in [1.82, 2.24) is 14.7 Å². The molecule has 14 heteroatoms. The van der Waals surface area contributed by atoms with Crippen molar-refractivity contribution in [3.05, 3.63) is 70.4 Å². The van der Waals surface area contributed by atoms with E-state index in [1.165, 1.54) is 21.1 Å². The Hall–Kier alpha value is -3.79. The molecule has 327 valence electrons. The third-order valence-electron chi connectivity index (χ3n) is 16.5. The molecule has 3 saturated heterocycles. The lowest BCUT2D eigenvalue weighted by Crippen LogP contribution is -2.79. The number of carbonyl (C=O) groups excluding carboxylic acids is 3. The second-order valence-electron chi connectivity index (χ2n) is 19.2. The van der Waals surface area contributed by atoms with Crippen LogP contribution < -0.4 is 5.46 Å². The van der Waals surface area contributed by atoms with E-state index in [0.717, 1.165) is 38.9 Å². The number of piperidine rings is 1. The predicted octanol–water partition coefficient (Wildman–Crippen LogP) is 2.29. The van der Waals surface area contributed by atoms with E-state index in [4.69, 9.17) is 18.9 Å². The summed E-state index contributed by atoms with van der Waals surface area (Å²) in [5.41, 5.74) is -0.136. The number of carbonyl (C=O) groups is 3. The van der Waals surface area contributed by atoms with Gasteiger partial charge in [0.1, 0.15) is 0 Å². The van der Waals surface area contributed by atoms with Crippen molar-refractivity contribution in [1.29, 1.82) is 0 Å². The quantitative estimate of drug-likeness (QED) is 0.152. The summed E-state index contributed by atoms with van der Waals surface area (Å²) in [4.78, 5) is 49.7. The van der Waals surface area contributed by atoms with Gasteiger partial charge in [0.2, 0.25) is 5.60 Å². The predicted molar refractivity (Wildman–Crippen MR) is 227 cm³/mol. The normalized spacial score (nSPS) is 40.8. The van der Waals surface area contributed by atoms with Gasteiger partial charge in [-0.05, 0) is 85.4 Å². The summed E-state index contributed by atoms with van der Waals surface area (Å²) in [6, 6.07) is 4.75. The zero-order valence-electron chi connectivity index (χ0n) is 36.6. The molecule has 9 rings (SSSR count). The summed E-state index contributed by atoms with van der Waals surface area (Å²) < 4.78 is 24.2. The van der Waals surface area contributed by atoms with E-state index in [0.29, 0.717) is 71.2 Å². The number of hydrogen-bond acceptors (Lipinski definition) is 13. The lowest BCUT2D eigenvalue weighted by Gasteiger charge is -2.63. The standard InChI is InChI=1S/C47H61BN3O10/c1-8-43(56)22-29-23-46(41(54)59-6,37-30(13-17-50(24-29)26-43)31-19-28(25-52)11-12-34(31)48-37)33-20-32-35(21-36(33)58-5)49(4)39-45(32)15-18-51-16-10-14-44(9-2,38(45)51)40(61-27(3)53)47(39,57)42(55)60-7/h10-12,14,19-21,29,33,36,38-40,52,56-57H,8-9,13,15-18,22-26H2,1-7H3/t29-,33?,36?,38+,39-,40-,43+,44-,45-,46+,47+/m1/s1. The maximum atomic E-state index is 15.5. The van der Waals surface area contributed by atoms with Crippen LogP contribution in [0.1, 0.15) is 70.4 Å². The SMILES string of the molecule is CC[C@]1(O)C[C@H]2CN(CCC3=C([B]c4ccc(CO)cc43)[C@@](C(=O)OC)(C3C=C4C(=CC3OC)N(C)[C@H]3[C@@](O)(C(=O)OC)[C@H](OC(C)=O)[C@]5(CC)C=CCN6CC[C@]43[C@@H]65)C2)C1. The van der Waals surface area contributed by atoms with Crippen LogP contribution in [-0.4, -0.2) is 152 Å². The molecule has 6 heterocycles. The molecule has 1 aromatic carbocycles. The van der Waals surface area contributed by atoms with E-state index in [-0.39, 0.29) is 18.6 Å². The largest absolute Gasteiger partial charge is 0.468 e. The Morgan fingerprint density at radius 3 is 2.43 bits per heavy atom. The molecule has 1 aromatic rings. The molecule has 13 nitrogen and oxygen atoms in total. The van der Waals surface area contributed by atoms with Crippen molar-refractivity contribution in [3.8, 4) is 0 Å². The molecule has 8 aliphatic rings. The Morgan fingerprint density at radius 2 is 1.75 bits per heavy atom. The molecule has 0 aromatic heterocycles. The minimum absolute atomic E-state index is 0.0880. The van der Waals surface area contributed by atoms with Crippen LogP contribution in [0.25, 0.3) is 5.57 Å². The van der Waals surface area contributed by atoms with E-state index in [1.54, 1.807) is 7.11 Å². The van der Waals surface area contributed by atoms with Crippen LogP contribution >= 0.6 is 0 Å². The van der Waals surface area contributed by atoms with Gasteiger partial charge >= 0.3 is 17.9 Å². The number of likely N-dealkylation sites (tertiary alicyclic amines) is 1. The number of rotatable bonds is 8. The van der Waals surface area contributed by atoms with Gasteiger partial charge in [0.25, 0.3) is 0 Å². The van der Waals surface area contributed by atoms with E-state index in [9.17, 15) is 24.9 Å². The molecule has 1 spiro atoms. The summed E-state index contributed by atoms with van der Waals surface area (Å²) in [6.45, 7) is 8.46. The van der Waals surface area contributed by atoms with Crippen LogP contribution in [0.4, 0.5) is 0 Å². The number of hydrogen-bond donors (Lipinski definition) is 3. The first-order valence-corrected chi connectivity index (χ1v) is 22.1. The van der Waals surface area contributed by atoms with Crippen molar-refractivity contribution >= 4 is 36.2 Å². The second-order valence-corrected chi connectivity index (χ2v) is 19.2. The Labute approximate surface area is 359 Å². The van der Waals surface area contributed by atoms with Crippen LogP contribution in [0.5, 0.6) is 0 Å². The van der Waals surface area contributed by atoms with Gasteiger partial charge in [0, 0.05) is 75.7 Å². The monoisotopic (exact) mass is 838 g/mol. The van der Waals surface area contributed by atoms with E-state index in [2.05, 4.69) is 41.4 Å². The second kappa shape index (κ2) is 14.9. The van der Waals surface area contributed by atoms with Crippen LogP contribution in [0, 0.1) is 28.1 Å². The van der Waals surface area contributed by atoms with Crippen LogP contribution in [-0.2, 0) is 39.9 Å². The number of esters is 3. The topological polar surface area (TPSA) is 159 Å². The third kappa shape index (κ3) is 5.70. The number of methoxy groups -OCH3 is 3. The van der Waals surface area contributed by atoms with Gasteiger partial charge in [-0.2, -0.15) is 0 Å². The number of allylic oxidation sites excluding steroid dienone is 1. The highest BCUT2D eigenvalue weighted by molar-refractivity contribution is 6.67. The van der Waals surface area contributed by atoms with Crippen molar-refractivity contribution < 1.29 is 48.7 Å². The number of likely N-dealkylation sites (N-methyl/N-ethyl adjacent to an activating group) is 1. The average Bonchev–Trinajstić information content (AvgIpc) is 3.92. The highest BCUT2D eigenvalue weighted by Crippen LogP contribution is 2.70. The highest BCUT2D eigenvalue weighted by Gasteiger charge is 2.81. The molecule has 61 heavy (non-hydrogen) atoms. The number of fused-ring (bicyclic) bond motifs is 5. The molecule has 6 aliphatic heterocycles. The molecule has 0 amide bonds. The maximum Gasteiger partial charge on any atom is 0.344 e. The number of nitrogens with zero attached hydrogens (tertiary/aromatic N) is 3.